The minimum atomic E-state index is -0.728. The van der Waals surface area contributed by atoms with Gasteiger partial charge in [0.1, 0.15) is 0 Å². The summed E-state index contributed by atoms with van der Waals surface area (Å²) >= 11 is 1.42. The van der Waals surface area contributed by atoms with E-state index >= 15 is 0 Å². The summed E-state index contributed by atoms with van der Waals surface area (Å²) in [4.78, 5) is 40.5. The van der Waals surface area contributed by atoms with E-state index in [0.717, 1.165) is 24.1 Å². The second kappa shape index (κ2) is 9.64. The molecule has 0 atom stereocenters. The van der Waals surface area contributed by atoms with E-state index < -0.39 is 17.4 Å². The Labute approximate surface area is 208 Å². The monoisotopic (exact) mass is 489 g/mol. The van der Waals surface area contributed by atoms with Crippen molar-refractivity contribution in [3.8, 4) is 0 Å². The molecule has 0 radical (unpaired) electrons. The molecule has 0 fully saturated rings. The first-order valence-electron chi connectivity index (χ1n) is 11.7. The number of carbonyl (C=O) groups excluding carboxylic acids is 3. The molecule has 1 aliphatic heterocycles. The van der Waals surface area contributed by atoms with Crippen LogP contribution in [0.1, 0.15) is 32.8 Å². The molecule has 0 unspecified atom stereocenters. The lowest BCUT2D eigenvalue weighted by atomic mass is 10.00. The lowest BCUT2D eigenvalue weighted by molar-refractivity contribution is -0.137. The van der Waals surface area contributed by atoms with Crippen LogP contribution in [0, 0.1) is 0 Å². The van der Waals surface area contributed by atoms with Crippen LogP contribution in [0.15, 0.2) is 60.0 Å². The Hall–Kier alpha value is -3.49. The fraction of sp³-hybridized carbons (Fsp3) is 0.296. The number of hydrogen-bond donors (Lipinski definition) is 2. The molecule has 1 aliphatic carbocycles. The van der Waals surface area contributed by atoms with Gasteiger partial charge < -0.3 is 20.3 Å². The van der Waals surface area contributed by atoms with E-state index in [2.05, 4.69) is 22.8 Å². The summed E-state index contributed by atoms with van der Waals surface area (Å²) in [6.07, 6.45) is 3.01. The van der Waals surface area contributed by atoms with Gasteiger partial charge in [0, 0.05) is 44.4 Å². The van der Waals surface area contributed by atoms with Crippen LogP contribution in [-0.4, -0.2) is 43.5 Å². The average molecular weight is 490 g/mol. The molecule has 0 bridgehead atoms. The highest BCUT2D eigenvalue weighted by Crippen LogP contribution is 2.33. The molecule has 0 saturated carbocycles. The first-order valence-corrected chi connectivity index (χ1v) is 12.6. The van der Waals surface area contributed by atoms with Crippen LogP contribution in [0.5, 0.6) is 0 Å². The molecule has 2 N–H and O–H groups in total. The minimum absolute atomic E-state index is 0.0155. The summed E-state index contributed by atoms with van der Waals surface area (Å²) in [7, 11) is 1.64. The van der Waals surface area contributed by atoms with Crippen molar-refractivity contribution in [1.82, 2.24) is 5.32 Å². The van der Waals surface area contributed by atoms with E-state index in [0.29, 0.717) is 30.0 Å². The highest BCUT2D eigenvalue weighted by molar-refractivity contribution is 7.12. The van der Waals surface area contributed by atoms with Gasteiger partial charge >= 0.3 is 11.8 Å². The van der Waals surface area contributed by atoms with E-state index in [9.17, 15) is 14.4 Å². The zero-order valence-corrected chi connectivity index (χ0v) is 20.3. The van der Waals surface area contributed by atoms with E-state index in [1.807, 2.05) is 41.8 Å². The predicted molar refractivity (Wildman–Crippen MR) is 136 cm³/mol. The van der Waals surface area contributed by atoms with Crippen LogP contribution in [0.4, 0.5) is 11.4 Å². The minimum Gasteiger partial charge on any atom is -0.376 e. The third kappa shape index (κ3) is 4.72. The van der Waals surface area contributed by atoms with Gasteiger partial charge in [-0.15, -0.1) is 11.3 Å². The molecule has 3 amide bonds. The Morgan fingerprint density at radius 2 is 1.77 bits per heavy atom. The number of nitrogens with one attached hydrogen (secondary N) is 2. The number of ether oxygens (including phenoxy) is 1. The highest BCUT2D eigenvalue weighted by Gasteiger charge is 2.38. The number of hydrogen-bond acceptors (Lipinski definition) is 5. The molecule has 1 aromatic heterocycles. The van der Waals surface area contributed by atoms with Crippen LogP contribution >= 0.6 is 11.3 Å². The maximum absolute atomic E-state index is 12.9. The van der Waals surface area contributed by atoms with Gasteiger partial charge in [-0.3, -0.25) is 14.4 Å². The van der Waals surface area contributed by atoms with E-state index in [-0.39, 0.29) is 12.5 Å². The molecule has 2 aliphatic rings. The fourth-order valence-electron chi connectivity index (χ4n) is 4.93. The van der Waals surface area contributed by atoms with Crippen molar-refractivity contribution in [1.29, 1.82) is 0 Å². The van der Waals surface area contributed by atoms with Crippen LogP contribution in [0.3, 0.4) is 0 Å². The number of amides is 3. The Morgan fingerprint density at radius 3 is 2.46 bits per heavy atom. The summed E-state index contributed by atoms with van der Waals surface area (Å²) < 4.78 is 5.77. The maximum atomic E-state index is 12.9. The van der Waals surface area contributed by atoms with Gasteiger partial charge in [-0.1, -0.05) is 30.3 Å². The Kier molecular flexibility index (Phi) is 6.40. The number of aryl methyl sites for hydroxylation is 1. The van der Waals surface area contributed by atoms with Crippen molar-refractivity contribution in [2.45, 2.75) is 31.3 Å². The van der Waals surface area contributed by atoms with E-state index in [4.69, 9.17) is 4.74 Å². The quantitative estimate of drug-likeness (QED) is 0.537. The van der Waals surface area contributed by atoms with Gasteiger partial charge in [0.15, 0.2) is 0 Å². The molecular formula is C27H27N3O4S. The lowest BCUT2D eigenvalue weighted by Gasteiger charge is -2.29. The van der Waals surface area contributed by atoms with Crippen molar-refractivity contribution < 1.29 is 19.1 Å². The number of anilines is 2. The van der Waals surface area contributed by atoms with Crippen LogP contribution < -0.4 is 15.5 Å². The van der Waals surface area contributed by atoms with Crippen molar-refractivity contribution in [3.05, 3.63) is 81.5 Å². The lowest BCUT2D eigenvalue weighted by Crippen LogP contribution is -2.48. The molecule has 7 nitrogen and oxygen atoms in total. The van der Waals surface area contributed by atoms with E-state index in [1.165, 1.54) is 22.5 Å². The summed E-state index contributed by atoms with van der Waals surface area (Å²) in [6, 6.07) is 17.2. The zero-order chi connectivity index (χ0) is 24.4. The Morgan fingerprint density at radius 1 is 1.00 bits per heavy atom. The summed E-state index contributed by atoms with van der Waals surface area (Å²) in [5.74, 6) is -1.45. The van der Waals surface area contributed by atoms with Crippen molar-refractivity contribution >= 4 is 40.4 Å². The average Bonchev–Trinajstić information content (AvgIpc) is 3.55. The second-order valence-electron chi connectivity index (χ2n) is 9.03. The first kappa shape index (κ1) is 23.3. The smallest absolute Gasteiger partial charge is 0.313 e. The summed E-state index contributed by atoms with van der Waals surface area (Å²) in [5, 5.41) is 7.33. The first-order chi connectivity index (χ1) is 17.0. The summed E-state index contributed by atoms with van der Waals surface area (Å²) in [6.45, 7) is 0.900. The van der Waals surface area contributed by atoms with Gasteiger partial charge in [-0.25, -0.2) is 0 Å². The number of rotatable bonds is 5. The number of benzene rings is 2. The third-order valence-electron chi connectivity index (χ3n) is 6.79. The standard InChI is InChI=1S/C27H27N3O4S/c1-34-27(15-19-6-2-3-7-20(19)16-27)17-28-24(31)25(32)29-21-10-11-22-18(14-21)8-4-12-30(22)26(33)23-9-5-13-35-23/h2-3,5-7,9-11,13-14H,4,8,12,15-17H2,1H3,(H,28,31)(H,29,32). The topological polar surface area (TPSA) is 87.7 Å². The molecule has 2 heterocycles. The second-order valence-corrected chi connectivity index (χ2v) is 9.98. The molecule has 35 heavy (non-hydrogen) atoms. The molecule has 180 valence electrons. The van der Waals surface area contributed by atoms with Gasteiger partial charge in [0.05, 0.1) is 10.5 Å². The van der Waals surface area contributed by atoms with Crippen LogP contribution in [-0.2, 0) is 33.6 Å². The van der Waals surface area contributed by atoms with Crippen LogP contribution in [0.2, 0.25) is 0 Å². The molecule has 0 saturated heterocycles. The van der Waals surface area contributed by atoms with Crippen LogP contribution in [0.25, 0.3) is 0 Å². The molecule has 3 aromatic rings. The molecule has 2 aromatic carbocycles. The van der Waals surface area contributed by atoms with Crippen molar-refractivity contribution in [3.63, 3.8) is 0 Å². The van der Waals surface area contributed by atoms with Gasteiger partial charge in [-0.2, -0.15) is 0 Å². The number of fused-ring (bicyclic) bond motifs is 2. The normalized spacial score (nSPS) is 15.7. The largest absolute Gasteiger partial charge is 0.376 e. The van der Waals surface area contributed by atoms with Gasteiger partial charge in [0.25, 0.3) is 5.91 Å². The van der Waals surface area contributed by atoms with Gasteiger partial charge in [-0.05, 0) is 59.2 Å². The Bertz CT molecular complexity index is 1250. The summed E-state index contributed by atoms with van der Waals surface area (Å²) in [5.41, 5.74) is 4.21. The van der Waals surface area contributed by atoms with Crippen molar-refractivity contribution in [2.75, 3.05) is 30.4 Å². The number of nitrogens with zero attached hydrogens (tertiary/aromatic N) is 1. The molecule has 8 heteroatoms. The number of thiophene rings is 1. The highest BCUT2D eigenvalue weighted by atomic mass is 32.1. The molecule has 5 rings (SSSR count). The molecule has 0 spiro atoms. The fourth-order valence-corrected chi connectivity index (χ4v) is 5.60. The zero-order valence-electron chi connectivity index (χ0n) is 19.5. The number of carbonyl (C=O) groups is 3. The third-order valence-corrected chi connectivity index (χ3v) is 7.64. The van der Waals surface area contributed by atoms with Crippen molar-refractivity contribution in [2.24, 2.45) is 0 Å². The number of methoxy groups -OCH3 is 1. The predicted octanol–water partition coefficient (Wildman–Crippen LogP) is 3.58. The van der Waals surface area contributed by atoms with E-state index in [1.54, 1.807) is 18.1 Å². The maximum Gasteiger partial charge on any atom is 0.313 e. The van der Waals surface area contributed by atoms with Gasteiger partial charge in [0.2, 0.25) is 0 Å². The molecular weight excluding hydrogens is 462 g/mol. The Balaban J connectivity index is 1.22. The SMILES string of the molecule is COC1(CNC(=O)C(=O)Nc2ccc3c(c2)CCCN3C(=O)c2cccs2)Cc2ccccc2C1.